The molecule has 0 bridgehead atoms. The molecule has 10 nitrogen and oxygen atoms in total. The number of nitrogens with zero attached hydrogens (tertiary/aromatic N) is 7. The Balaban J connectivity index is 1.50. The number of imidazole rings is 1. The van der Waals surface area contributed by atoms with Crippen molar-refractivity contribution in [3.05, 3.63) is 45.3 Å². The number of benzene rings is 1. The smallest absolute Gasteiger partial charge is 0.277 e. The van der Waals surface area contributed by atoms with Gasteiger partial charge in [-0.1, -0.05) is 29.6 Å². The second-order valence-electron chi connectivity index (χ2n) is 9.70. The molecule has 2 fully saturated rings. The van der Waals surface area contributed by atoms with Crippen LogP contribution in [0.2, 0.25) is 5.02 Å². The van der Waals surface area contributed by atoms with Gasteiger partial charge in [-0.05, 0) is 44.4 Å². The van der Waals surface area contributed by atoms with Crippen LogP contribution in [0.4, 0.5) is 0 Å². The van der Waals surface area contributed by atoms with Crippen LogP contribution in [0.25, 0.3) is 28.1 Å². The maximum absolute atomic E-state index is 14.0. The number of nitriles is 1. The number of halogens is 1. The molecule has 1 saturated heterocycles. The number of aliphatic hydroxyl groups excluding tert-OH is 1. The Morgan fingerprint density at radius 3 is 2.78 bits per heavy atom. The van der Waals surface area contributed by atoms with E-state index in [0.29, 0.717) is 47.8 Å². The monoisotopic (exact) mass is 507 g/mol. The SMILES string of the molecule is N#Cc1c(Cl)ccc2c1n(CCN1CCCC(O)C1)c(=O)c1c(-c3noc(C4CCCC4)n3)ncn12. The van der Waals surface area contributed by atoms with E-state index in [2.05, 4.69) is 26.1 Å². The van der Waals surface area contributed by atoms with Crippen molar-refractivity contribution in [1.29, 1.82) is 5.26 Å². The first-order valence-electron chi connectivity index (χ1n) is 12.4. The zero-order chi connectivity index (χ0) is 24.8. The third-order valence-electron chi connectivity index (χ3n) is 7.44. The maximum atomic E-state index is 14.0. The lowest BCUT2D eigenvalue weighted by Crippen LogP contribution is -2.41. The molecular weight excluding hydrogens is 482 g/mol. The van der Waals surface area contributed by atoms with E-state index in [-0.39, 0.29) is 34.0 Å². The van der Waals surface area contributed by atoms with Gasteiger partial charge in [0.25, 0.3) is 5.56 Å². The lowest BCUT2D eigenvalue weighted by atomic mass is 10.1. The highest BCUT2D eigenvalue weighted by molar-refractivity contribution is 6.32. The van der Waals surface area contributed by atoms with Crippen molar-refractivity contribution in [2.24, 2.45) is 0 Å². The molecule has 0 amide bonds. The number of likely N-dealkylation sites (tertiary alicyclic amines) is 1. The zero-order valence-electron chi connectivity index (χ0n) is 19.7. The highest BCUT2D eigenvalue weighted by Gasteiger charge is 2.27. The van der Waals surface area contributed by atoms with E-state index in [0.717, 1.165) is 45.1 Å². The fraction of sp³-hybridized carbons (Fsp3) is 0.480. The molecule has 1 saturated carbocycles. The molecule has 36 heavy (non-hydrogen) atoms. The van der Waals surface area contributed by atoms with E-state index < -0.39 is 0 Å². The minimum Gasteiger partial charge on any atom is -0.392 e. The van der Waals surface area contributed by atoms with E-state index in [9.17, 15) is 15.2 Å². The fourth-order valence-corrected chi connectivity index (χ4v) is 5.81. The second kappa shape index (κ2) is 9.32. The average molecular weight is 508 g/mol. The summed E-state index contributed by atoms with van der Waals surface area (Å²) in [5, 5.41) is 24.4. The molecule has 1 unspecified atom stereocenters. The molecule has 1 aliphatic carbocycles. The average Bonchev–Trinajstić information content (AvgIpc) is 3.64. The summed E-state index contributed by atoms with van der Waals surface area (Å²) in [5.41, 5.74) is 1.71. The first kappa shape index (κ1) is 23.2. The van der Waals surface area contributed by atoms with E-state index in [1.165, 1.54) is 0 Å². The first-order chi connectivity index (χ1) is 17.5. The molecular formula is C25H26ClN7O3. The van der Waals surface area contributed by atoms with Gasteiger partial charge in [-0.2, -0.15) is 10.2 Å². The molecule has 3 aromatic heterocycles. The zero-order valence-corrected chi connectivity index (χ0v) is 20.5. The van der Waals surface area contributed by atoms with Crippen LogP contribution in [0.3, 0.4) is 0 Å². The minimum atomic E-state index is -0.368. The molecule has 1 atom stereocenters. The maximum Gasteiger partial charge on any atom is 0.277 e. The predicted octanol–water partition coefficient (Wildman–Crippen LogP) is 3.34. The molecule has 6 rings (SSSR count). The number of hydrogen-bond donors (Lipinski definition) is 1. The van der Waals surface area contributed by atoms with Crippen LogP contribution in [0.1, 0.15) is 55.9 Å². The van der Waals surface area contributed by atoms with E-state index in [1.807, 2.05) is 0 Å². The van der Waals surface area contributed by atoms with Crippen molar-refractivity contribution in [3.63, 3.8) is 0 Å². The highest BCUT2D eigenvalue weighted by Crippen LogP contribution is 2.34. The summed E-state index contributed by atoms with van der Waals surface area (Å²) in [6, 6.07) is 5.62. The van der Waals surface area contributed by atoms with Gasteiger partial charge in [0.05, 0.1) is 27.7 Å². The van der Waals surface area contributed by atoms with Crippen molar-refractivity contribution >= 4 is 28.2 Å². The van der Waals surface area contributed by atoms with Crippen LogP contribution in [-0.4, -0.2) is 59.8 Å². The Kier molecular flexibility index (Phi) is 5.99. The van der Waals surface area contributed by atoms with Gasteiger partial charge in [0.1, 0.15) is 23.6 Å². The molecule has 4 aromatic rings. The van der Waals surface area contributed by atoms with Crippen molar-refractivity contribution in [2.45, 2.75) is 57.1 Å². The molecule has 0 spiro atoms. The molecule has 1 aromatic carbocycles. The fourth-order valence-electron chi connectivity index (χ4n) is 5.62. The van der Waals surface area contributed by atoms with Crippen LogP contribution >= 0.6 is 11.6 Å². The van der Waals surface area contributed by atoms with Crippen molar-refractivity contribution in [1.82, 2.24) is 29.0 Å². The standard InChI is InChI=1S/C25H26ClN7O3/c26-18-7-8-19-21(17(18)12-27)32(11-10-31-9-3-6-16(34)13-31)25(35)22-20(28-14-33(19)22)23-29-24(36-30-23)15-4-1-2-5-15/h7-8,14-16,34H,1-6,9-11,13H2. The summed E-state index contributed by atoms with van der Waals surface area (Å²) in [7, 11) is 0. The van der Waals surface area contributed by atoms with Gasteiger partial charge in [0.2, 0.25) is 11.7 Å². The largest absolute Gasteiger partial charge is 0.392 e. The Morgan fingerprint density at radius 2 is 2.00 bits per heavy atom. The van der Waals surface area contributed by atoms with Crippen LogP contribution in [0.5, 0.6) is 0 Å². The van der Waals surface area contributed by atoms with Gasteiger partial charge in [-0.15, -0.1) is 0 Å². The number of aromatic nitrogens is 5. The number of aliphatic hydroxyl groups is 1. The van der Waals surface area contributed by atoms with Crippen LogP contribution in [0, 0.1) is 11.3 Å². The Hall–Kier alpha value is -3.26. The normalized spacial score (nSPS) is 19.4. The van der Waals surface area contributed by atoms with Gasteiger partial charge in [-0.3, -0.25) is 14.1 Å². The van der Waals surface area contributed by atoms with E-state index >= 15 is 0 Å². The van der Waals surface area contributed by atoms with Gasteiger partial charge in [0, 0.05) is 25.6 Å². The minimum absolute atomic E-state index is 0.241. The number of rotatable bonds is 5. The summed E-state index contributed by atoms with van der Waals surface area (Å²) < 4.78 is 8.83. The molecule has 11 heteroatoms. The van der Waals surface area contributed by atoms with Crippen molar-refractivity contribution in [3.8, 4) is 17.6 Å². The second-order valence-corrected chi connectivity index (χ2v) is 10.1. The molecule has 1 aliphatic heterocycles. The molecule has 1 N–H and O–H groups in total. The van der Waals surface area contributed by atoms with Crippen molar-refractivity contribution < 1.29 is 9.63 Å². The molecule has 186 valence electrons. The van der Waals surface area contributed by atoms with Crippen molar-refractivity contribution in [2.75, 3.05) is 19.6 Å². The summed E-state index contributed by atoms with van der Waals surface area (Å²) in [6.45, 7) is 2.29. The van der Waals surface area contributed by atoms with E-state index in [1.54, 1.807) is 27.4 Å². The van der Waals surface area contributed by atoms with E-state index in [4.69, 9.17) is 16.1 Å². The molecule has 4 heterocycles. The van der Waals surface area contributed by atoms with Gasteiger partial charge < -0.3 is 14.2 Å². The number of piperidine rings is 1. The van der Waals surface area contributed by atoms with Gasteiger partial charge in [-0.25, -0.2) is 4.98 Å². The summed E-state index contributed by atoms with van der Waals surface area (Å²) >= 11 is 6.37. The summed E-state index contributed by atoms with van der Waals surface area (Å²) in [5.74, 6) is 1.13. The number of hydrogen-bond acceptors (Lipinski definition) is 8. The third-order valence-corrected chi connectivity index (χ3v) is 7.76. The topological polar surface area (TPSA) is 125 Å². The Morgan fingerprint density at radius 1 is 1.17 bits per heavy atom. The lowest BCUT2D eigenvalue weighted by molar-refractivity contribution is 0.0690. The third kappa shape index (κ3) is 3.88. The van der Waals surface area contributed by atoms with Gasteiger partial charge >= 0.3 is 0 Å². The quantitative estimate of drug-likeness (QED) is 0.436. The predicted molar refractivity (Wildman–Crippen MR) is 133 cm³/mol. The summed E-state index contributed by atoms with van der Waals surface area (Å²) in [4.78, 5) is 25.2. The Labute approximate surface area is 211 Å². The first-order valence-corrected chi connectivity index (χ1v) is 12.8. The van der Waals surface area contributed by atoms with Crippen LogP contribution in [0.15, 0.2) is 27.8 Å². The lowest BCUT2D eigenvalue weighted by Gasteiger charge is -2.30. The van der Waals surface area contributed by atoms with Gasteiger partial charge in [0.15, 0.2) is 0 Å². The van der Waals surface area contributed by atoms with Crippen LogP contribution < -0.4 is 5.56 Å². The van der Waals surface area contributed by atoms with Crippen LogP contribution in [-0.2, 0) is 6.54 Å². The number of β-amino-alcohol motifs (C(OH)–C–C–N with tert-alkyl or cyclic N) is 1. The molecule has 0 radical (unpaired) electrons. The Bertz CT molecular complexity index is 1540. The number of fused-ring (bicyclic) bond motifs is 3. The molecule has 2 aliphatic rings. The summed E-state index contributed by atoms with van der Waals surface area (Å²) in [6.07, 6.45) is 7.20. The highest BCUT2D eigenvalue weighted by atomic mass is 35.5.